The first kappa shape index (κ1) is 22.4. The Bertz CT molecular complexity index is 1500. The maximum atomic E-state index is 11.3. The van der Waals surface area contributed by atoms with Gasteiger partial charge in [0.2, 0.25) is 0 Å². The number of carboxylic acids is 1. The molecule has 4 aromatic rings. The number of hydrogen-bond donors (Lipinski definition) is 2. The molecule has 1 aliphatic carbocycles. The van der Waals surface area contributed by atoms with Crippen molar-refractivity contribution in [2.24, 2.45) is 5.92 Å². The van der Waals surface area contributed by atoms with E-state index >= 15 is 0 Å². The van der Waals surface area contributed by atoms with Crippen molar-refractivity contribution in [3.05, 3.63) is 76.9 Å². The molecule has 0 atom stereocenters. The van der Waals surface area contributed by atoms with E-state index in [1.54, 1.807) is 6.20 Å². The van der Waals surface area contributed by atoms with Gasteiger partial charge in [-0.15, -0.1) is 0 Å². The number of aliphatic hydroxyl groups excluding tert-OH is 1. The van der Waals surface area contributed by atoms with Gasteiger partial charge >= 0.3 is 5.97 Å². The largest absolute Gasteiger partial charge is 0.477 e. The monoisotopic (exact) mass is 482 g/mol. The van der Waals surface area contributed by atoms with Crippen LogP contribution < -0.4 is 4.90 Å². The van der Waals surface area contributed by atoms with Gasteiger partial charge in [0.1, 0.15) is 17.1 Å². The first-order valence-electron chi connectivity index (χ1n) is 12.1. The van der Waals surface area contributed by atoms with Crippen molar-refractivity contribution in [1.82, 2.24) is 15.1 Å². The lowest BCUT2D eigenvalue weighted by atomic mass is 9.95. The SMILES string of the molecule is Cc1ncccc1-c1noc(C2CC2)c1/C=C/C1CN(c2ccc3nc(C(=O)O)cc(CO)c3c2)C1. The van der Waals surface area contributed by atoms with E-state index in [2.05, 4.69) is 32.2 Å². The van der Waals surface area contributed by atoms with Gasteiger partial charge in [-0.3, -0.25) is 4.98 Å². The predicted octanol–water partition coefficient (Wildman–Crippen LogP) is 4.81. The summed E-state index contributed by atoms with van der Waals surface area (Å²) in [7, 11) is 0. The summed E-state index contributed by atoms with van der Waals surface area (Å²) in [6.07, 6.45) is 8.47. The molecule has 1 saturated carbocycles. The molecular formula is C28H26N4O4. The van der Waals surface area contributed by atoms with Crippen molar-refractivity contribution < 1.29 is 19.5 Å². The first-order chi connectivity index (χ1) is 17.5. The Morgan fingerprint density at radius 2 is 2.06 bits per heavy atom. The molecule has 4 heterocycles. The number of rotatable bonds is 7. The van der Waals surface area contributed by atoms with E-state index in [4.69, 9.17) is 4.52 Å². The highest BCUT2D eigenvalue weighted by Crippen LogP contribution is 2.45. The highest BCUT2D eigenvalue weighted by Gasteiger charge is 2.32. The van der Waals surface area contributed by atoms with E-state index in [-0.39, 0.29) is 12.3 Å². The van der Waals surface area contributed by atoms with Crippen molar-refractivity contribution >= 4 is 28.6 Å². The van der Waals surface area contributed by atoms with Crippen LogP contribution in [0.25, 0.3) is 28.2 Å². The Morgan fingerprint density at radius 3 is 2.78 bits per heavy atom. The van der Waals surface area contributed by atoms with E-state index in [0.717, 1.165) is 65.3 Å². The van der Waals surface area contributed by atoms with Crippen LogP contribution in [0.15, 0.2) is 53.2 Å². The molecule has 1 aromatic carbocycles. The second kappa shape index (κ2) is 8.87. The van der Waals surface area contributed by atoms with E-state index < -0.39 is 5.97 Å². The van der Waals surface area contributed by atoms with Gasteiger partial charge in [0, 0.05) is 59.0 Å². The summed E-state index contributed by atoms with van der Waals surface area (Å²) in [5.74, 6) is 0.706. The zero-order chi connectivity index (χ0) is 24.8. The van der Waals surface area contributed by atoms with Crippen molar-refractivity contribution in [1.29, 1.82) is 0 Å². The summed E-state index contributed by atoms with van der Waals surface area (Å²) in [4.78, 5) is 22.2. The first-order valence-corrected chi connectivity index (χ1v) is 12.1. The lowest BCUT2D eigenvalue weighted by Gasteiger charge is -2.40. The zero-order valence-electron chi connectivity index (χ0n) is 19.9. The van der Waals surface area contributed by atoms with E-state index in [1.165, 1.54) is 6.07 Å². The second-order valence-corrected chi connectivity index (χ2v) is 9.58. The second-order valence-electron chi connectivity index (χ2n) is 9.58. The van der Waals surface area contributed by atoms with Gasteiger partial charge in [-0.1, -0.05) is 17.3 Å². The third-order valence-electron chi connectivity index (χ3n) is 7.04. The smallest absolute Gasteiger partial charge is 0.354 e. The Labute approximate surface area is 207 Å². The number of aryl methyl sites for hydroxylation is 1. The molecule has 0 bridgehead atoms. The number of aliphatic hydroxyl groups is 1. The van der Waals surface area contributed by atoms with Crippen LogP contribution in [0.5, 0.6) is 0 Å². The van der Waals surface area contributed by atoms with Crippen LogP contribution in [-0.4, -0.2) is 44.4 Å². The van der Waals surface area contributed by atoms with Gasteiger partial charge in [0.05, 0.1) is 12.1 Å². The lowest BCUT2D eigenvalue weighted by molar-refractivity contribution is 0.0690. The van der Waals surface area contributed by atoms with Crippen LogP contribution in [0.2, 0.25) is 0 Å². The van der Waals surface area contributed by atoms with Crippen molar-refractivity contribution in [2.45, 2.75) is 32.3 Å². The van der Waals surface area contributed by atoms with Crippen LogP contribution >= 0.6 is 0 Å². The van der Waals surface area contributed by atoms with Crippen molar-refractivity contribution in [2.75, 3.05) is 18.0 Å². The summed E-state index contributed by atoms with van der Waals surface area (Å²) in [5, 5.41) is 24.2. The van der Waals surface area contributed by atoms with Crippen LogP contribution in [0, 0.1) is 12.8 Å². The molecule has 0 radical (unpaired) electrons. The topological polar surface area (TPSA) is 113 Å². The lowest BCUT2D eigenvalue weighted by Crippen LogP contribution is -2.45. The van der Waals surface area contributed by atoms with Gasteiger partial charge in [-0.05, 0) is 61.7 Å². The van der Waals surface area contributed by atoms with Gasteiger partial charge < -0.3 is 19.6 Å². The Hall–Kier alpha value is -4.04. The number of anilines is 1. The summed E-state index contributed by atoms with van der Waals surface area (Å²) in [6.45, 7) is 3.47. The quantitative estimate of drug-likeness (QED) is 0.386. The third-order valence-corrected chi connectivity index (χ3v) is 7.04. The Kier molecular flexibility index (Phi) is 5.53. The van der Waals surface area contributed by atoms with Gasteiger partial charge in [0.25, 0.3) is 0 Å². The normalized spacial score (nSPS) is 16.1. The molecule has 6 rings (SSSR count). The van der Waals surface area contributed by atoms with Crippen LogP contribution in [0.3, 0.4) is 0 Å². The maximum Gasteiger partial charge on any atom is 0.354 e. The standard InChI is InChI=1S/C28H26N4O4/c1-16-21(3-2-10-29-16)26-22(27(36-31-26)18-5-6-18)8-4-17-13-32(14-17)20-7-9-24-23(12-20)19(15-33)11-25(30-24)28(34)35/h2-4,7-12,17-18,33H,5-6,13-15H2,1H3,(H,34,35)/b8-4+. The van der Waals surface area contributed by atoms with Crippen LogP contribution in [0.4, 0.5) is 5.69 Å². The molecular weight excluding hydrogens is 456 g/mol. The minimum Gasteiger partial charge on any atom is -0.477 e. The van der Waals surface area contributed by atoms with Crippen molar-refractivity contribution in [3.8, 4) is 11.3 Å². The molecule has 1 saturated heterocycles. The number of fused-ring (bicyclic) bond motifs is 1. The average molecular weight is 483 g/mol. The Balaban J connectivity index is 1.22. The average Bonchev–Trinajstić information content (AvgIpc) is 3.62. The number of benzene rings is 1. The Morgan fingerprint density at radius 1 is 1.22 bits per heavy atom. The number of aromatic carboxylic acids is 1. The fraction of sp³-hybridized carbons (Fsp3) is 0.286. The van der Waals surface area contributed by atoms with E-state index in [0.29, 0.717) is 22.9 Å². The maximum absolute atomic E-state index is 11.3. The van der Waals surface area contributed by atoms with Crippen LogP contribution in [0.1, 0.15) is 51.8 Å². The molecule has 2 fully saturated rings. The molecule has 182 valence electrons. The van der Waals surface area contributed by atoms with E-state index in [1.807, 2.05) is 37.3 Å². The summed E-state index contributed by atoms with van der Waals surface area (Å²) < 4.78 is 5.79. The molecule has 2 N–H and O–H groups in total. The van der Waals surface area contributed by atoms with Gasteiger partial charge in [-0.25, -0.2) is 9.78 Å². The number of carboxylic acid groups (broad SMARTS) is 1. The molecule has 8 nitrogen and oxygen atoms in total. The molecule has 1 aliphatic heterocycles. The molecule has 2 aliphatic rings. The molecule has 0 unspecified atom stereocenters. The third kappa shape index (κ3) is 4.03. The molecule has 8 heteroatoms. The van der Waals surface area contributed by atoms with E-state index in [9.17, 15) is 15.0 Å². The zero-order valence-corrected chi connectivity index (χ0v) is 19.9. The number of aromatic nitrogens is 3. The highest BCUT2D eigenvalue weighted by molar-refractivity contribution is 5.92. The number of carbonyl (C=O) groups is 1. The summed E-state index contributed by atoms with van der Waals surface area (Å²) >= 11 is 0. The predicted molar refractivity (Wildman–Crippen MR) is 136 cm³/mol. The molecule has 0 spiro atoms. The molecule has 0 amide bonds. The highest BCUT2D eigenvalue weighted by atomic mass is 16.5. The minimum absolute atomic E-state index is 0.0615. The van der Waals surface area contributed by atoms with Crippen molar-refractivity contribution in [3.63, 3.8) is 0 Å². The number of nitrogens with zero attached hydrogens (tertiary/aromatic N) is 4. The molecule has 3 aromatic heterocycles. The van der Waals surface area contributed by atoms with Crippen LogP contribution in [-0.2, 0) is 6.61 Å². The fourth-order valence-corrected chi connectivity index (χ4v) is 4.84. The fourth-order valence-electron chi connectivity index (χ4n) is 4.84. The molecule has 36 heavy (non-hydrogen) atoms. The minimum atomic E-state index is -1.10. The summed E-state index contributed by atoms with van der Waals surface area (Å²) in [6, 6.07) is 11.2. The van der Waals surface area contributed by atoms with Gasteiger partial charge in [0.15, 0.2) is 0 Å². The number of pyridine rings is 2. The number of hydrogen-bond acceptors (Lipinski definition) is 7. The summed E-state index contributed by atoms with van der Waals surface area (Å²) in [5.41, 5.74) is 5.95. The van der Waals surface area contributed by atoms with Gasteiger partial charge in [-0.2, -0.15) is 0 Å².